The van der Waals surface area contributed by atoms with Gasteiger partial charge in [-0.2, -0.15) is 0 Å². The lowest BCUT2D eigenvalue weighted by Crippen LogP contribution is -2.28. The minimum atomic E-state index is -0.0793. The van der Waals surface area contributed by atoms with Crippen LogP contribution in [0.3, 0.4) is 0 Å². The van der Waals surface area contributed by atoms with E-state index in [0.29, 0.717) is 0 Å². The van der Waals surface area contributed by atoms with Crippen molar-refractivity contribution in [2.75, 3.05) is 7.11 Å². The third-order valence-electron chi connectivity index (χ3n) is 3.60. The van der Waals surface area contributed by atoms with Gasteiger partial charge in [0.25, 0.3) is 0 Å². The molecule has 1 aromatic rings. The topological polar surface area (TPSA) is 35.5 Å². The summed E-state index contributed by atoms with van der Waals surface area (Å²) in [5, 5.41) is 0. The van der Waals surface area contributed by atoms with E-state index >= 15 is 0 Å². The van der Waals surface area contributed by atoms with Crippen LogP contribution < -0.4 is 4.74 Å². The molecule has 3 nitrogen and oxygen atoms in total. The summed E-state index contributed by atoms with van der Waals surface area (Å²) in [4.78, 5) is 11.4. The maximum atomic E-state index is 11.4. The van der Waals surface area contributed by atoms with Crippen LogP contribution in [0.1, 0.15) is 31.2 Å². The standard InChI is InChI=1S/C15H20O3/c1-11-5-3-4-6-14(11)18-13-9-7-12(8-10-13)15(16)17-2/h3-6,12-13H,7-10H2,1-2H3. The molecule has 2 rings (SSSR count). The van der Waals surface area contributed by atoms with Crippen molar-refractivity contribution in [3.8, 4) is 5.75 Å². The fourth-order valence-corrected chi connectivity index (χ4v) is 2.45. The van der Waals surface area contributed by atoms with Crippen molar-refractivity contribution < 1.29 is 14.3 Å². The number of methoxy groups -OCH3 is 1. The fraction of sp³-hybridized carbons (Fsp3) is 0.533. The Balaban J connectivity index is 1.87. The lowest BCUT2D eigenvalue weighted by molar-refractivity contribution is -0.147. The number of esters is 1. The summed E-state index contributed by atoms with van der Waals surface area (Å²) in [6.45, 7) is 2.05. The molecule has 0 aromatic heterocycles. The van der Waals surface area contributed by atoms with Gasteiger partial charge < -0.3 is 9.47 Å². The first-order chi connectivity index (χ1) is 8.70. The summed E-state index contributed by atoms with van der Waals surface area (Å²) in [7, 11) is 1.46. The predicted octanol–water partition coefficient (Wildman–Crippen LogP) is 3.11. The Kier molecular flexibility index (Phi) is 4.24. The molecule has 3 heteroatoms. The summed E-state index contributed by atoms with van der Waals surface area (Å²) in [6, 6.07) is 8.05. The number of ether oxygens (including phenoxy) is 2. The molecule has 0 bridgehead atoms. The van der Waals surface area contributed by atoms with Crippen molar-refractivity contribution in [1.82, 2.24) is 0 Å². The number of hydrogen-bond acceptors (Lipinski definition) is 3. The molecule has 0 atom stereocenters. The van der Waals surface area contributed by atoms with E-state index in [-0.39, 0.29) is 18.0 Å². The van der Waals surface area contributed by atoms with Crippen LogP contribution in [0.4, 0.5) is 0 Å². The van der Waals surface area contributed by atoms with Crippen LogP contribution in [0.15, 0.2) is 24.3 Å². The van der Waals surface area contributed by atoms with Crippen LogP contribution in [0.5, 0.6) is 5.75 Å². The molecule has 0 spiro atoms. The summed E-state index contributed by atoms with van der Waals surface area (Å²) >= 11 is 0. The molecule has 0 N–H and O–H groups in total. The van der Waals surface area contributed by atoms with Gasteiger partial charge in [0.2, 0.25) is 0 Å². The Morgan fingerprint density at radius 1 is 1.17 bits per heavy atom. The minimum Gasteiger partial charge on any atom is -0.490 e. The average molecular weight is 248 g/mol. The maximum absolute atomic E-state index is 11.4. The summed E-state index contributed by atoms with van der Waals surface area (Å²) in [5.41, 5.74) is 1.16. The average Bonchev–Trinajstić information content (AvgIpc) is 2.41. The number of aryl methyl sites for hydroxylation is 1. The van der Waals surface area contributed by atoms with Crippen LogP contribution in [-0.2, 0) is 9.53 Å². The summed E-state index contributed by atoms with van der Waals surface area (Å²) in [5.74, 6) is 0.940. The molecule has 1 saturated carbocycles. The molecule has 1 fully saturated rings. The normalized spacial score (nSPS) is 23.4. The van der Waals surface area contributed by atoms with Gasteiger partial charge >= 0.3 is 5.97 Å². The number of rotatable bonds is 3. The molecule has 98 valence electrons. The van der Waals surface area contributed by atoms with Crippen molar-refractivity contribution in [2.45, 2.75) is 38.7 Å². The van der Waals surface area contributed by atoms with Gasteiger partial charge in [0.1, 0.15) is 5.75 Å². The molecular weight excluding hydrogens is 228 g/mol. The van der Waals surface area contributed by atoms with Gasteiger partial charge in [0.15, 0.2) is 0 Å². The minimum absolute atomic E-state index is 0.0618. The van der Waals surface area contributed by atoms with E-state index in [2.05, 4.69) is 13.0 Å². The van der Waals surface area contributed by atoms with E-state index in [1.165, 1.54) is 7.11 Å². The number of carbonyl (C=O) groups is 1. The van der Waals surface area contributed by atoms with Crippen LogP contribution in [0.2, 0.25) is 0 Å². The summed E-state index contributed by atoms with van der Waals surface area (Å²) < 4.78 is 10.8. The zero-order chi connectivity index (χ0) is 13.0. The SMILES string of the molecule is COC(=O)C1CCC(Oc2ccccc2C)CC1. The van der Waals surface area contributed by atoms with Crippen molar-refractivity contribution in [1.29, 1.82) is 0 Å². The molecule has 0 saturated heterocycles. The van der Waals surface area contributed by atoms with Gasteiger partial charge in [0.05, 0.1) is 19.1 Å². The van der Waals surface area contributed by atoms with E-state index in [1.807, 2.05) is 18.2 Å². The van der Waals surface area contributed by atoms with E-state index in [0.717, 1.165) is 37.0 Å². The Morgan fingerprint density at radius 2 is 1.83 bits per heavy atom. The second-order valence-electron chi connectivity index (χ2n) is 4.88. The zero-order valence-electron chi connectivity index (χ0n) is 11.0. The lowest BCUT2D eigenvalue weighted by atomic mass is 9.87. The number of hydrogen-bond donors (Lipinski definition) is 0. The Labute approximate surface area is 108 Å². The summed E-state index contributed by atoms with van der Waals surface area (Å²) in [6.07, 6.45) is 3.81. The molecule has 0 heterocycles. The second kappa shape index (κ2) is 5.89. The number of carbonyl (C=O) groups excluding carboxylic acids is 1. The number of para-hydroxylation sites is 1. The van der Waals surface area contributed by atoms with Gasteiger partial charge in [-0.25, -0.2) is 0 Å². The molecule has 1 aliphatic rings. The molecule has 0 aliphatic heterocycles. The Hall–Kier alpha value is -1.51. The first-order valence-corrected chi connectivity index (χ1v) is 6.51. The predicted molar refractivity (Wildman–Crippen MR) is 69.6 cm³/mol. The zero-order valence-corrected chi connectivity index (χ0v) is 11.0. The molecule has 0 amide bonds. The highest BCUT2D eigenvalue weighted by Gasteiger charge is 2.27. The third-order valence-corrected chi connectivity index (χ3v) is 3.60. The van der Waals surface area contributed by atoms with Gasteiger partial charge in [-0.3, -0.25) is 4.79 Å². The fourth-order valence-electron chi connectivity index (χ4n) is 2.45. The van der Waals surface area contributed by atoms with Crippen molar-refractivity contribution in [3.63, 3.8) is 0 Å². The first-order valence-electron chi connectivity index (χ1n) is 6.51. The highest BCUT2D eigenvalue weighted by atomic mass is 16.5. The van der Waals surface area contributed by atoms with E-state index < -0.39 is 0 Å². The van der Waals surface area contributed by atoms with E-state index in [1.54, 1.807) is 0 Å². The van der Waals surface area contributed by atoms with Crippen LogP contribution in [0, 0.1) is 12.8 Å². The van der Waals surface area contributed by atoms with Crippen LogP contribution in [0.25, 0.3) is 0 Å². The molecular formula is C15H20O3. The monoisotopic (exact) mass is 248 g/mol. The van der Waals surface area contributed by atoms with Crippen LogP contribution in [-0.4, -0.2) is 19.2 Å². The van der Waals surface area contributed by atoms with Gasteiger partial charge in [-0.15, -0.1) is 0 Å². The highest BCUT2D eigenvalue weighted by molar-refractivity contribution is 5.72. The van der Waals surface area contributed by atoms with Gasteiger partial charge in [-0.1, -0.05) is 18.2 Å². The first kappa shape index (κ1) is 12.9. The Bertz CT molecular complexity index is 406. The van der Waals surface area contributed by atoms with Crippen LogP contribution >= 0.6 is 0 Å². The Morgan fingerprint density at radius 3 is 2.44 bits per heavy atom. The maximum Gasteiger partial charge on any atom is 0.308 e. The number of benzene rings is 1. The van der Waals surface area contributed by atoms with E-state index in [9.17, 15) is 4.79 Å². The van der Waals surface area contributed by atoms with Gasteiger partial charge in [0, 0.05) is 0 Å². The molecule has 18 heavy (non-hydrogen) atoms. The van der Waals surface area contributed by atoms with Gasteiger partial charge in [-0.05, 0) is 44.2 Å². The van der Waals surface area contributed by atoms with E-state index in [4.69, 9.17) is 9.47 Å². The van der Waals surface area contributed by atoms with Crippen molar-refractivity contribution in [3.05, 3.63) is 29.8 Å². The largest absolute Gasteiger partial charge is 0.490 e. The third kappa shape index (κ3) is 3.03. The molecule has 0 unspecified atom stereocenters. The van der Waals surface area contributed by atoms with Crippen molar-refractivity contribution in [2.24, 2.45) is 5.92 Å². The second-order valence-corrected chi connectivity index (χ2v) is 4.88. The van der Waals surface area contributed by atoms with Crippen molar-refractivity contribution >= 4 is 5.97 Å². The highest BCUT2D eigenvalue weighted by Crippen LogP contribution is 2.29. The molecule has 1 aromatic carbocycles. The quantitative estimate of drug-likeness (QED) is 0.771. The lowest BCUT2D eigenvalue weighted by Gasteiger charge is -2.28. The molecule has 1 aliphatic carbocycles. The smallest absolute Gasteiger partial charge is 0.308 e. The molecule has 0 radical (unpaired) electrons.